The lowest BCUT2D eigenvalue weighted by Gasteiger charge is -2.31. The molecule has 140 valence electrons. The smallest absolute Gasteiger partial charge is 0.234 e. The fourth-order valence-corrected chi connectivity index (χ4v) is 3.75. The summed E-state index contributed by atoms with van der Waals surface area (Å²) >= 11 is 0. The number of carbonyl (C=O) groups excluding carboxylic acids is 1. The van der Waals surface area contributed by atoms with Crippen LogP contribution in [0.4, 0.5) is 0 Å². The van der Waals surface area contributed by atoms with Gasteiger partial charge in [-0.3, -0.25) is 9.69 Å². The van der Waals surface area contributed by atoms with Crippen LogP contribution in [-0.2, 0) is 11.3 Å². The molecule has 3 aromatic rings. The van der Waals surface area contributed by atoms with Crippen LogP contribution in [0.25, 0.3) is 11.0 Å². The number of imidazole rings is 1. The molecular weight excluding hydrogens is 336 g/mol. The number of likely N-dealkylation sites (tertiary alicyclic amines) is 1. The first-order chi connectivity index (χ1) is 13.2. The summed E-state index contributed by atoms with van der Waals surface area (Å²) in [5.41, 5.74) is 4.46. The Hall–Kier alpha value is -2.66. The molecule has 2 aromatic carbocycles. The number of amides is 1. The number of nitrogens with zero attached hydrogens (tertiary/aromatic N) is 2. The Morgan fingerprint density at radius 1 is 1.22 bits per heavy atom. The minimum absolute atomic E-state index is 0.0841. The SMILES string of the molecule is Cc1ccc(CNC(=O)CN2CCCC(c3nc4ccccc4[nH]3)C2)cc1. The standard InChI is InChI=1S/C22H26N4O/c1-16-8-10-17(11-9-16)13-23-21(27)15-26-12-4-5-18(14-26)22-24-19-6-2-3-7-20(19)25-22/h2-3,6-11,18H,4-5,12-15H2,1H3,(H,23,27)(H,24,25). The van der Waals surface area contributed by atoms with E-state index in [-0.39, 0.29) is 5.91 Å². The van der Waals surface area contributed by atoms with Gasteiger partial charge >= 0.3 is 0 Å². The summed E-state index contributed by atoms with van der Waals surface area (Å²) in [7, 11) is 0. The molecule has 2 heterocycles. The Morgan fingerprint density at radius 2 is 2.04 bits per heavy atom. The Balaban J connectivity index is 1.32. The molecule has 0 bridgehead atoms. The first kappa shape index (κ1) is 17.7. The summed E-state index contributed by atoms with van der Waals surface area (Å²) in [5, 5.41) is 3.04. The summed E-state index contributed by atoms with van der Waals surface area (Å²) in [5.74, 6) is 1.48. The first-order valence-electron chi connectivity index (χ1n) is 9.66. The number of para-hydroxylation sites is 2. The molecule has 1 fully saturated rings. The van der Waals surface area contributed by atoms with E-state index in [9.17, 15) is 4.79 Å². The molecule has 1 aliphatic heterocycles. The lowest BCUT2D eigenvalue weighted by atomic mass is 9.97. The molecule has 1 aliphatic rings. The van der Waals surface area contributed by atoms with Crippen LogP contribution in [0.15, 0.2) is 48.5 Å². The zero-order valence-corrected chi connectivity index (χ0v) is 15.7. The monoisotopic (exact) mass is 362 g/mol. The zero-order chi connectivity index (χ0) is 18.6. The van der Waals surface area contributed by atoms with Crippen LogP contribution in [0.2, 0.25) is 0 Å². The third-order valence-electron chi connectivity index (χ3n) is 5.28. The summed E-state index contributed by atoms with van der Waals surface area (Å²) in [6.45, 7) is 4.94. The van der Waals surface area contributed by atoms with Crippen LogP contribution < -0.4 is 5.32 Å². The Kier molecular flexibility index (Phi) is 5.21. The van der Waals surface area contributed by atoms with Crippen LogP contribution >= 0.6 is 0 Å². The lowest BCUT2D eigenvalue weighted by molar-refractivity contribution is -0.122. The molecule has 2 N–H and O–H groups in total. The predicted molar refractivity (Wildman–Crippen MR) is 108 cm³/mol. The van der Waals surface area contributed by atoms with Crippen molar-refractivity contribution >= 4 is 16.9 Å². The molecule has 0 radical (unpaired) electrons. The second kappa shape index (κ2) is 7.92. The summed E-state index contributed by atoms with van der Waals surface area (Å²) in [6.07, 6.45) is 2.20. The van der Waals surface area contributed by atoms with Crippen molar-refractivity contribution in [2.45, 2.75) is 32.2 Å². The topological polar surface area (TPSA) is 61.0 Å². The quantitative estimate of drug-likeness (QED) is 0.732. The van der Waals surface area contributed by atoms with Gasteiger partial charge in [0.15, 0.2) is 0 Å². The van der Waals surface area contributed by atoms with Crippen LogP contribution in [-0.4, -0.2) is 40.4 Å². The molecule has 4 rings (SSSR count). The number of fused-ring (bicyclic) bond motifs is 1. The van der Waals surface area contributed by atoms with Crippen LogP contribution in [0.3, 0.4) is 0 Å². The van der Waals surface area contributed by atoms with Crippen molar-refractivity contribution in [3.63, 3.8) is 0 Å². The number of benzene rings is 2. The van der Waals surface area contributed by atoms with Crippen molar-refractivity contribution in [3.05, 3.63) is 65.5 Å². The van der Waals surface area contributed by atoms with Gasteiger partial charge < -0.3 is 10.3 Å². The van der Waals surface area contributed by atoms with Gasteiger partial charge in [0, 0.05) is 19.0 Å². The maximum atomic E-state index is 12.4. The van der Waals surface area contributed by atoms with Gasteiger partial charge in [-0.15, -0.1) is 0 Å². The molecule has 1 unspecified atom stereocenters. The molecule has 1 aromatic heterocycles. The number of aromatic amines is 1. The van der Waals surface area contributed by atoms with E-state index in [4.69, 9.17) is 4.98 Å². The summed E-state index contributed by atoms with van der Waals surface area (Å²) in [4.78, 5) is 22.8. The number of H-pyrrole nitrogens is 1. The van der Waals surface area contributed by atoms with E-state index in [1.807, 2.05) is 18.2 Å². The number of carbonyl (C=O) groups is 1. The molecule has 0 spiro atoms. The fraction of sp³-hybridized carbons (Fsp3) is 0.364. The van der Waals surface area contributed by atoms with Gasteiger partial charge in [0.05, 0.1) is 17.6 Å². The second-order valence-electron chi connectivity index (χ2n) is 7.48. The molecule has 1 amide bonds. The summed E-state index contributed by atoms with van der Waals surface area (Å²) < 4.78 is 0. The van der Waals surface area contributed by atoms with Gasteiger partial charge in [-0.05, 0) is 44.0 Å². The molecule has 27 heavy (non-hydrogen) atoms. The third kappa shape index (κ3) is 4.37. The maximum Gasteiger partial charge on any atom is 0.234 e. The van der Waals surface area contributed by atoms with Gasteiger partial charge in [-0.25, -0.2) is 4.98 Å². The molecule has 1 atom stereocenters. The molecule has 1 saturated heterocycles. The van der Waals surface area contributed by atoms with Gasteiger partial charge in [0.25, 0.3) is 0 Å². The highest BCUT2D eigenvalue weighted by Crippen LogP contribution is 2.26. The number of rotatable bonds is 5. The van der Waals surface area contributed by atoms with Crippen molar-refractivity contribution in [1.29, 1.82) is 0 Å². The number of hydrogen-bond donors (Lipinski definition) is 2. The highest BCUT2D eigenvalue weighted by Gasteiger charge is 2.25. The largest absolute Gasteiger partial charge is 0.351 e. The summed E-state index contributed by atoms with van der Waals surface area (Å²) in [6, 6.07) is 16.4. The number of aromatic nitrogens is 2. The normalized spacial score (nSPS) is 17.9. The van der Waals surface area contributed by atoms with Crippen molar-refractivity contribution in [2.75, 3.05) is 19.6 Å². The second-order valence-corrected chi connectivity index (χ2v) is 7.48. The van der Waals surface area contributed by atoms with E-state index >= 15 is 0 Å². The number of hydrogen-bond acceptors (Lipinski definition) is 3. The van der Waals surface area contributed by atoms with Crippen molar-refractivity contribution in [2.24, 2.45) is 0 Å². The van der Waals surface area contributed by atoms with Gasteiger partial charge in [-0.1, -0.05) is 42.0 Å². The lowest BCUT2D eigenvalue weighted by Crippen LogP contribution is -2.42. The minimum Gasteiger partial charge on any atom is -0.351 e. The van der Waals surface area contributed by atoms with Gasteiger partial charge in [0.2, 0.25) is 5.91 Å². The van der Waals surface area contributed by atoms with Crippen molar-refractivity contribution in [3.8, 4) is 0 Å². The number of nitrogens with one attached hydrogen (secondary N) is 2. The Morgan fingerprint density at radius 3 is 2.85 bits per heavy atom. The number of aryl methyl sites for hydroxylation is 1. The molecular formula is C22H26N4O. The fourth-order valence-electron chi connectivity index (χ4n) is 3.75. The van der Waals surface area contributed by atoms with Crippen molar-refractivity contribution < 1.29 is 4.79 Å². The molecule has 0 saturated carbocycles. The Bertz CT molecular complexity index is 882. The van der Waals surface area contributed by atoms with Crippen LogP contribution in [0.5, 0.6) is 0 Å². The third-order valence-corrected chi connectivity index (χ3v) is 5.28. The van der Waals surface area contributed by atoms with E-state index in [1.165, 1.54) is 5.56 Å². The Labute approximate surface area is 159 Å². The highest BCUT2D eigenvalue weighted by atomic mass is 16.2. The van der Waals surface area contributed by atoms with Crippen LogP contribution in [0, 0.1) is 6.92 Å². The molecule has 5 heteroatoms. The van der Waals surface area contributed by atoms with E-state index in [0.717, 1.165) is 48.4 Å². The maximum absolute atomic E-state index is 12.4. The first-order valence-corrected chi connectivity index (χ1v) is 9.66. The van der Waals surface area contributed by atoms with E-state index < -0.39 is 0 Å². The van der Waals surface area contributed by atoms with E-state index in [2.05, 4.69) is 52.5 Å². The van der Waals surface area contributed by atoms with E-state index in [1.54, 1.807) is 0 Å². The number of piperidine rings is 1. The van der Waals surface area contributed by atoms with Crippen molar-refractivity contribution in [1.82, 2.24) is 20.2 Å². The average molecular weight is 362 g/mol. The van der Waals surface area contributed by atoms with Crippen LogP contribution in [0.1, 0.15) is 35.7 Å². The van der Waals surface area contributed by atoms with Gasteiger partial charge in [0.1, 0.15) is 5.82 Å². The molecule has 0 aliphatic carbocycles. The average Bonchev–Trinajstić information content (AvgIpc) is 3.12. The predicted octanol–water partition coefficient (Wildman–Crippen LogP) is 3.37. The molecule has 5 nitrogen and oxygen atoms in total. The minimum atomic E-state index is 0.0841. The van der Waals surface area contributed by atoms with Gasteiger partial charge in [-0.2, -0.15) is 0 Å². The highest BCUT2D eigenvalue weighted by molar-refractivity contribution is 5.78. The van der Waals surface area contributed by atoms with E-state index in [0.29, 0.717) is 19.0 Å². The zero-order valence-electron chi connectivity index (χ0n) is 15.7.